The van der Waals surface area contributed by atoms with Crippen molar-refractivity contribution >= 4 is 23.4 Å². The molecule has 0 unspecified atom stereocenters. The molecule has 0 spiro atoms. The van der Waals surface area contributed by atoms with Gasteiger partial charge in [-0.2, -0.15) is 0 Å². The molecule has 0 fully saturated rings. The quantitative estimate of drug-likeness (QED) is 0.619. The van der Waals surface area contributed by atoms with E-state index in [0.29, 0.717) is 24.7 Å². The maximum Gasteiger partial charge on any atom is 0.242 e. The van der Waals surface area contributed by atoms with Crippen LogP contribution in [0.2, 0.25) is 5.02 Å². The molecule has 2 aromatic rings. The number of ether oxygens (including phenoxy) is 1. The third-order valence-electron chi connectivity index (χ3n) is 4.46. The van der Waals surface area contributed by atoms with Gasteiger partial charge in [-0.1, -0.05) is 54.1 Å². The summed E-state index contributed by atoms with van der Waals surface area (Å²) >= 11 is 5.96. The van der Waals surface area contributed by atoms with Gasteiger partial charge in [-0.3, -0.25) is 9.59 Å². The number of carbonyl (C=O) groups excluding carboxylic acids is 2. The predicted octanol–water partition coefficient (Wildman–Crippen LogP) is 3.45. The van der Waals surface area contributed by atoms with Gasteiger partial charge in [0.15, 0.2) is 0 Å². The molecule has 2 rings (SSSR count). The van der Waals surface area contributed by atoms with Gasteiger partial charge < -0.3 is 15.0 Å². The van der Waals surface area contributed by atoms with Gasteiger partial charge in [-0.25, -0.2) is 0 Å². The standard InChI is InChI=1S/C22H27ClN2O3/c1-17(22(27)24-13-6-14-28-2)25(16-19-9-11-20(23)12-10-19)21(26)15-18-7-4-3-5-8-18/h3-5,7-12,17H,6,13-16H2,1-2H3,(H,24,27)/t17-/m1/s1. The van der Waals surface area contributed by atoms with Crippen LogP contribution in [-0.4, -0.2) is 43.0 Å². The molecule has 1 atom stereocenters. The SMILES string of the molecule is COCCCNC(=O)[C@@H](C)N(Cc1ccc(Cl)cc1)C(=O)Cc1ccccc1. The second kappa shape index (κ2) is 11.5. The molecule has 6 heteroatoms. The van der Waals surface area contributed by atoms with Gasteiger partial charge in [-0.15, -0.1) is 0 Å². The first-order valence-electron chi connectivity index (χ1n) is 9.35. The van der Waals surface area contributed by atoms with Crippen molar-refractivity contribution in [3.63, 3.8) is 0 Å². The number of nitrogens with one attached hydrogen (secondary N) is 1. The van der Waals surface area contributed by atoms with Crippen LogP contribution in [0.1, 0.15) is 24.5 Å². The lowest BCUT2D eigenvalue weighted by atomic mass is 10.1. The van der Waals surface area contributed by atoms with Crippen LogP contribution in [0.4, 0.5) is 0 Å². The lowest BCUT2D eigenvalue weighted by molar-refractivity contribution is -0.140. The number of amides is 2. The van der Waals surface area contributed by atoms with Crippen molar-refractivity contribution in [2.75, 3.05) is 20.3 Å². The molecule has 0 radical (unpaired) electrons. The molecule has 0 saturated heterocycles. The third kappa shape index (κ3) is 6.98. The summed E-state index contributed by atoms with van der Waals surface area (Å²) in [6.45, 7) is 3.19. The Morgan fingerprint density at radius 2 is 1.75 bits per heavy atom. The highest BCUT2D eigenvalue weighted by molar-refractivity contribution is 6.30. The number of benzene rings is 2. The summed E-state index contributed by atoms with van der Waals surface area (Å²) in [5.41, 5.74) is 1.84. The third-order valence-corrected chi connectivity index (χ3v) is 4.71. The molecule has 2 aromatic carbocycles. The zero-order valence-corrected chi connectivity index (χ0v) is 17.1. The van der Waals surface area contributed by atoms with Gasteiger partial charge >= 0.3 is 0 Å². The molecule has 0 aliphatic carbocycles. The summed E-state index contributed by atoms with van der Waals surface area (Å²) in [6, 6.07) is 16.3. The Kier molecular flexibility index (Phi) is 8.98. The van der Waals surface area contributed by atoms with Crippen molar-refractivity contribution in [2.24, 2.45) is 0 Å². The number of hydrogen-bond acceptors (Lipinski definition) is 3. The van der Waals surface area contributed by atoms with Crippen LogP contribution in [0.3, 0.4) is 0 Å². The van der Waals surface area contributed by atoms with E-state index in [1.165, 1.54) is 0 Å². The number of carbonyl (C=O) groups is 2. The lowest BCUT2D eigenvalue weighted by Gasteiger charge is -2.29. The van der Waals surface area contributed by atoms with E-state index in [4.69, 9.17) is 16.3 Å². The van der Waals surface area contributed by atoms with Crippen LogP contribution in [-0.2, 0) is 27.3 Å². The summed E-state index contributed by atoms with van der Waals surface area (Å²) in [5, 5.41) is 3.51. The van der Waals surface area contributed by atoms with Crippen molar-refractivity contribution in [1.82, 2.24) is 10.2 Å². The highest BCUT2D eigenvalue weighted by Crippen LogP contribution is 2.15. The van der Waals surface area contributed by atoms with Crippen molar-refractivity contribution < 1.29 is 14.3 Å². The van der Waals surface area contributed by atoms with E-state index in [1.54, 1.807) is 31.1 Å². The average molecular weight is 403 g/mol. The average Bonchev–Trinajstić information content (AvgIpc) is 2.70. The summed E-state index contributed by atoms with van der Waals surface area (Å²) < 4.78 is 5.00. The Balaban J connectivity index is 2.10. The van der Waals surface area contributed by atoms with E-state index >= 15 is 0 Å². The fraction of sp³-hybridized carbons (Fsp3) is 0.364. The molecule has 0 heterocycles. The fourth-order valence-corrected chi connectivity index (χ4v) is 2.94. The number of hydrogen-bond donors (Lipinski definition) is 1. The highest BCUT2D eigenvalue weighted by Gasteiger charge is 2.26. The first kappa shape index (κ1) is 21.9. The fourth-order valence-electron chi connectivity index (χ4n) is 2.82. The van der Waals surface area contributed by atoms with Crippen LogP contribution < -0.4 is 5.32 Å². The molecule has 0 bridgehead atoms. The van der Waals surface area contributed by atoms with Gasteiger partial charge in [0.25, 0.3) is 0 Å². The van der Waals surface area contributed by atoms with E-state index in [1.807, 2.05) is 42.5 Å². The van der Waals surface area contributed by atoms with E-state index in [0.717, 1.165) is 17.5 Å². The van der Waals surface area contributed by atoms with Crippen LogP contribution >= 0.6 is 11.6 Å². The van der Waals surface area contributed by atoms with Crippen LogP contribution in [0, 0.1) is 0 Å². The van der Waals surface area contributed by atoms with E-state index in [9.17, 15) is 9.59 Å². The molecule has 0 saturated carbocycles. The highest BCUT2D eigenvalue weighted by atomic mass is 35.5. The van der Waals surface area contributed by atoms with Gasteiger partial charge in [0, 0.05) is 31.8 Å². The number of nitrogens with zero attached hydrogens (tertiary/aromatic N) is 1. The summed E-state index contributed by atoms with van der Waals surface area (Å²) in [7, 11) is 1.63. The Morgan fingerprint density at radius 1 is 1.07 bits per heavy atom. The van der Waals surface area contributed by atoms with Gasteiger partial charge in [0.05, 0.1) is 6.42 Å². The second-order valence-corrected chi connectivity index (χ2v) is 7.06. The number of methoxy groups -OCH3 is 1. The van der Waals surface area contributed by atoms with E-state index in [-0.39, 0.29) is 18.2 Å². The minimum absolute atomic E-state index is 0.0966. The lowest BCUT2D eigenvalue weighted by Crippen LogP contribution is -2.48. The molecule has 150 valence electrons. The maximum atomic E-state index is 13.0. The smallest absolute Gasteiger partial charge is 0.242 e. The van der Waals surface area contributed by atoms with Gasteiger partial charge in [0.1, 0.15) is 6.04 Å². The molecular formula is C22H27ClN2O3. The molecule has 0 aromatic heterocycles. The predicted molar refractivity (Wildman–Crippen MR) is 111 cm³/mol. The Labute approximate surface area is 171 Å². The normalized spacial score (nSPS) is 11.7. The first-order valence-corrected chi connectivity index (χ1v) is 9.73. The molecular weight excluding hydrogens is 376 g/mol. The molecule has 2 amide bonds. The van der Waals surface area contributed by atoms with Gasteiger partial charge in [0.2, 0.25) is 11.8 Å². The summed E-state index contributed by atoms with van der Waals surface area (Å²) in [5.74, 6) is -0.271. The van der Waals surface area contributed by atoms with Crippen molar-refractivity contribution in [2.45, 2.75) is 32.4 Å². The topological polar surface area (TPSA) is 58.6 Å². The largest absolute Gasteiger partial charge is 0.385 e. The number of rotatable bonds is 10. The van der Waals surface area contributed by atoms with E-state index in [2.05, 4.69) is 5.32 Å². The summed E-state index contributed by atoms with van der Waals surface area (Å²) in [4.78, 5) is 27.2. The van der Waals surface area contributed by atoms with Crippen molar-refractivity contribution in [3.05, 3.63) is 70.7 Å². The molecule has 0 aliphatic heterocycles. The molecule has 5 nitrogen and oxygen atoms in total. The first-order chi connectivity index (χ1) is 13.5. The molecule has 1 N–H and O–H groups in total. The maximum absolute atomic E-state index is 13.0. The van der Waals surface area contributed by atoms with Crippen molar-refractivity contribution in [3.8, 4) is 0 Å². The Morgan fingerprint density at radius 3 is 2.39 bits per heavy atom. The molecule has 0 aliphatic rings. The van der Waals surface area contributed by atoms with Crippen LogP contribution in [0.25, 0.3) is 0 Å². The minimum Gasteiger partial charge on any atom is -0.385 e. The Hall–Kier alpha value is -2.37. The molecule has 28 heavy (non-hydrogen) atoms. The van der Waals surface area contributed by atoms with Crippen LogP contribution in [0.5, 0.6) is 0 Å². The van der Waals surface area contributed by atoms with Gasteiger partial charge in [-0.05, 0) is 36.6 Å². The zero-order chi connectivity index (χ0) is 20.4. The zero-order valence-electron chi connectivity index (χ0n) is 16.4. The minimum atomic E-state index is -0.588. The van der Waals surface area contributed by atoms with Crippen molar-refractivity contribution in [1.29, 1.82) is 0 Å². The van der Waals surface area contributed by atoms with E-state index < -0.39 is 6.04 Å². The monoisotopic (exact) mass is 402 g/mol. The Bertz CT molecular complexity index is 750. The van der Waals surface area contributed by atoms with Crippen LogP contribution in [0.15, 0.2) is 54.6 Å². The second-order valence-electron chi connectivity index (χ2n) is 6.62. The number of halogens is 1. The summed E-state index contributed by atoms with van der Waals surface area (Å²) in [6.07, 6.45) is 0.972.